The molecule has 6 nitrogen and oxygen atoms in total. The molecule has 11 heteroatoms. The zero-order valence-corrected chi connectivity index (χ0v) is 17.3. The number of aromatic hydroxyl groups is 1. The van der Waals surface area contributed by atoms with Crippen LogP contribution in [0.25, 0.3) is 5.69 Å². The molecule has 0 atom stereocenters. The molecule has 2 aromatic carbocycles. The van der Waals surface area contributed by atoms with Crippen molar-refractivity contribution in [3.8, 4) is 11.4 Å². The van der Waals surface area contributed by atoms with Gasteiger partial charge in [-0.1, -0.05) is 41.4 Å². The van der Waals surface area contributed by atoms with Crippen LogP contribution in [0.5, 0.6) is 5.75 Å². The van der Waals surface area contributed by atoms with E-state index in [0.29, 0.717) is 11.3 Å². The maximum Gasteiger partial charge on any atom is 0.416 e. The lowest BCUT2D eigenvalue weighted by atomic mass is 10.1. The van der Waals surface area contributed by atoms with Gasteiger partial charge in [0.2, 0.25) is 5.82 Å². The van der Waals surface area contributed by atoms with Crippen molar-refractivity contribution in [2.75, 3.05) is 6.54 Å². The number of rotatable bonds is 6. The second kappa shape index (κ2) is 8.99. The van der Waals surface area contributed by atoms with Gasteiger partial charge in [0.1, 0.15) is 6.33 Å². The van der Waals surface area contributed by atoms with Crippen LogP contribution in [-0.4, -0.2) is 37.2 Å². The third-order valence-electron chi connectivity index (χ3n) is 4.21. The maximum atomic E-state index is 13.0. The van der Waals surface area contributed by atoms with Crippen molar-refractivity contribution in [3.63, 3.8) is 0 Å². The van der Waals surface area contributed by atoms with Gasteiger partial charge in [-0.3, -0.25) is 4.79 Å². The van der Waals surface area contributed by atoms with E-state index in [4.69, 9.17) is 23.2 Å². The molecule has 1 heterocycles. The van der Waals surface area contributed by atoms with Gasteiger partial charge in [0.05, 0.1) is 21.3 Å². The molecule has 0 bridgehead atoms. The molecule has 31 heavy (non-hydrogen) atoms. The molecular weight excluding hydrogens is 456 g/mol. The Morgan fingerprint density at radius 2 is 1.90 bits per heavy atom. The minimum absolute atomic E-state index is 0.0105. The summed E-state index contributed by atoms with van der Waals surface area (Å²) >= 11 is 11.8. The molecule has 3 rings (SSSR count). The Kier molecular flexibility index (Phi) is 6.56. The summed E-state index contributed by atoms with van der Waals surface area (Å²) in [7, 11) is 0. The summed E-state index contributed by atoms with van der Waals surface area (Å²) < 4.78 is 40.1. The Bertz CT molecular complexity index is 1110. The van der Waals surface area contributed by atoms with Crippen molar-refractivity contribution in [2.45, 2.75) is 12.7 Å². The van der Waals surface area contributed by atoms with E-state index in [1.807, 2.05) is 0 Å². The number of hydrogen-bond acceptors (Lipinski definition) is 4. The molecule has 0 radical (unpaired) electrons. The number of phenols is 1. The minimum Gasteiger partial charge on any atom is -0.505 e. The number of alkyl halides is 3. The third kappa shape index (κ3) is 5.18. The first kappa shape index (κ1) is 22.6. The number of halogens is 5. The molecule has 0 spiro atoms. The molecule has 162 valence electrons. The first-order valence-electron chi connectivity index (χ1n) is 8.76. The molecule has 1 amide bonds. The molecular formula is C20H15Cl2F3N4O2. The summed E-state index contributed by atoms with van der Waals surface area (Å²) in [4.78, 5) is 18.1. The molecule has 0 aliphatic carbocycles. The Balaban J connectivity index is 1.85. The first-order chi connectivity index (χ1) is 14.6. The van der Waals surface area contributed by atoms with Crippen LogP contribution in [0.3, 0.4) is 0 Å². The molecule has 0 unspecified atom stereocenters. The topological polar surface area (TPSA) is 71.2 Å². The van der Waals surface area contributed by atoms with Crippen LogP contribution >= 0.6 is 23.2 Å². The zero-order chi connectivity index (χ0) is 22.8. The lowest BCUT2D eigenvalue weighted by molar-refractivity contribution is -0.137. The molecule has 0 fully saturated rings. The fourth-order valence-corrected chi connectivity index (χ4v) is 3.23. The summed E-state index contributed by atoms with van der Waals surface area (Å²) in [6.45, 7) is 3.56. The van der Waals surface area contributed by atoms with Crippen molar-refractivity contribution in [1.29, 1.82) is 0 Å². The second-order valence-electron chi connectivity index (χ2n) is 6.44. The zero-order valence-electron chi connectivity index (χ0n) is 15.8. The standard InChI is InChI=1S/C20H15Cl2F3N4O2/c1-2-6-28(10-12-4-3-5-13(7-12)20(23,24)25)19(31)18-26-11-29(27-18)14-8-15(21)17(30)16(22)9-14/h2-5,7-9,11,30H,1,6,10H2. The van der Waals surface area contributed by atoms with Crippen molar-refractivity contribution in [1.82, 2.24) is 19.7 Å². The highest BCUT2D eigenvalue weighted by atomic mass is 35.5. The smallest absolute Gasteiger partial charge is 0.416 e. The van der Waals surface area contributed by atoms with Gasteiger partial charge in [0.25, 0.3) is 5.91 Å². The normalized spacial score (nSPS) is 11.4. The van der Waals surface area contributed by atoms with Gasteiger partial charge < -0.3 is 10.0 Å². The Morgan fingerprint density at radius 1 is 1.23 bits per heavy atom. The van der Waals surface area contributed by atoms with E-state index < -0.39 is 17.6 Å². The van der Waals surface area contributed by atoms with Crippen LogP contribution in [0, 0.1) is 0 Å². The lowest BCUT2D eigenvalue weighted by Crippen LogP contribution is -2.31. The van der Waals surface area contributed by atoms with Gasteiger partial charge in [-0.2, -0.15) is 13.2 Å². The number of amides is 1. The highest BCUT2D eigenvalue weighted by Gasteiger charge is 2.30. The van der Waals surface area contributed by atoms with Gasteiger partial charge in [-0.05, 0) is 29.8 Å². The van der Waals surface area contributed by atoms with Crippen LogP contribution in [0.4, 0.5) is 13.2 Å². The molecule has 0 aliphatic heterocycles. The van der Waals surface area contributed by atoms with Crippen LogP contribution in [0.1, 0.15) is 21.7 Å². The molecule has 3 aromatic rings. The van der Waals surface area contributed by atoms with Gasteiger partial charge >= 0.3 is 6.18 Å². The highest BCUT2D eigenvalue weighted by Crippen LogP contribution is 2.34. The summed E-state index contributed by atoms with van der Waals surface area (Å²) in [5.74, 6) is -1.08. The Morgan fingerprint density at radius 3 is 2.52 bits per heavy atom. The highest BCUT2D eigenvalue weighted by molar-refractivity contribution is 6.37. The minimum atomic E-state index is -4.49. The number of nitrogens with zero attached hydrogens (tertiary/aromatic N) is 4. The molecule has 0 saturated carbocycles. The summed E-state index contributed by atoms with van der Waals surface area (Å²) in [5, 5.41) is 13.7. The number of aromatic nitrogens is 3. The van der Waals surface area contributed by atoms with Crippen LogP contribution in [0.2, 0.25) is 10.0 Å². The van der Waals surface area contributed by atoms with E-state index in [9.17, 15) is 23.1 Å². The van der Waals surface area contributed by atoms with Crippen molar-refractivity contribution >= 4 is 29.1 Å². The van der Waals surface area contributed by atoms with E-state index in [1.165, 1.54) is 46.3 Å². The third-order valence-corrected chi connectivity index (χ3v) is 4.79. The number of hydrogen-bond donors (Lipinski definition) is 1. The Labute approximate surface area is 185 Å². The predicted octanol–water partition coefficient (Wildman–Crippen LogP) is 5.13. The fourth-order valence-electron chi connectivity index (χ4n) is 2.75. The monoisotopic (exact) mass is 470 g/mol. The van der Waals surface area contributed by atoms with E-state index in [1.54, 1.807) is 0 Å². The first-order valence-corrected chi connectivity index (χ1v) is 9.52. The van der Waals surface area contributed by atoms with Crippen LogP contribution in [0.15, 0.2) is 55.4 Å². The molecule has 0 aliphatic rings. The maximum absolute atomic E-state index is 13.0. The largest absolute Gasteiger partial charge is 0.505 e. The predicted molar refractivity (Wildman–Crippen MR) is 109 cm³/mol. The van der Waals surface area contributed by atoms with E-state index in [2.05, 4.69) is 16.7 Å². The van der Waals surface area contributed by atoms with Crippen LogP contribution < -0.4 is 0 Å². The summed E-state index contributed by atoms with van der Waals surface area (Å²) in [6.07, 6.45) is -1.79. The van der Waals surface area contributed by atoms with E-state index in [0.717, 1.165) is 12.1 Å². The van der Waals surface area contributed by atoms with E-state index >= 15 is 0 Å². The Hall–Kier alpha value is -3.04. The number of carbonyl (C=O) groups excluding carboxylic acids is 1. The van der Waals surface area contributed by atoms with Gasteiger partial charge in [-0.15, -0.1) is 11.7 Å². The molecule has 1 N–H and O–H groups in total. The average Bonchev–Trinajstić information content (AvgIpc) is 3.20. The molecule has 0 saturated heterocycles. The lowest BCUT2D eigenvalue weighted by Gasteiger charge is -2.20. The summed E-state index contributed by atoms with van der Waals surface area (Å²) in [5.41, 5.74) is -0.159. The quantitative estimate of drug-likeness (QED) is 0.507. The van der Waals surface area contributed by atoms with Crippen molar-refractivity contribution < 1.29 is 23.1 Å². The number of phenolic OH excluding ortho intramolecular Hbond substituents is 1. The van der Waals surface area contributed by atoms with Crippen molar-refractivity contribution in [2.24, 2.45) is 0 Å². The average molecular weight is 471 g/mol. The number of benzene rings is 2. The molecule has 1 aromatic heterocycles. The SMILES string of the molecule is C=CCN(Cc1cccc(C(F)(F)F)c1)C(=O)c1ncn(-c2cc(Cl)c(O)c(Cl)c2)n1. The second-order valence-corrected chi connectivity index (χ2v) is 7.26. The van der Waals surface area contributed by atoms with Gasteiger partial charge in [0.15, 0.2) is 5.75 Å². The van der Waals surface area contributed by atoms with E-state index in [-0.39, 0.29) is 34.7 Å². The summed E-state index contributed by atoms with van der Waals surface area (Å²) in [6, 6.07) is 7.48. The van der Waals surface area contributed by atoms with Crippen LogP contribution in [-0.2, 0) is 12.7 Å². The fraction of sp³-hybridized carbons (Fsp3) is 0.150. The number of carbonyl (C=O) groups is 1. The van der Waals surface area contributed by atoms with Crippen molar-refractivity contribution in [3.05, 3.63) is 82.4 Å². The van der Waals surface area contributed by atoms with Gasteiger partial charge in [-0.25, -0.2) is 9.67 Å². The van der Waals surface area contributed by atoms with Gasteiger partial charge in [0, 0.05) is 13.1 Å².